The number of hydrogen-bond acceptors (Lipinski definition) is 3. The van der Waals surface area contributed by atoms with Gasteiger partial charge in [0.05, 0.1) is 4.47 Å². The fourth-order valence-corrected chi connectivity index (χ4v) is 2.31. The normalized spacial score (nSPS) is 12.1. The lowest BCUT2D eigenvalue weighted by Gasteiger charge is -2.05. The molecule has 1 rings (SSSR count). The van der Waals surface area contributed by atoms with E-state index in [0.717, 1.165) is 0 Å². The first kappa shape index (κ1) is 12.4. The Bertz CT molecular complexity index is 491. The van der Waals surface area contributed by atoms with Crippen LogP contribution in [0.2, 0.25) is 0 Å². The van der Waals surface area contributed by atoms with Crippen LogP contribution in [0.15, 0.2) is 15.4 Å². The lowest BCUT2D eigenvalue weighted by Crippen LogP contribution is -2.15. The fourth-order valence-electron chi connectivity index (χ4n) is 0.813. The summed E-state index contributed by atoms with van der Waals surface area (Å²) in [6.45, 7) is 0. The highest BCUT2D eigenvalue weighted by molar-refractivity contribution is 9.10. The maximum Gasteiger partial charge on any atom is 0.280 e. The number of nitrogens with zero attached hydrogens (tertiary/aromatic N) is 1. The van der Waals surface area contributed by atoms with Gasteiger partial charge in [0, 0.05) is 0 Å². The number of halogens is 4. The fraction of sp³-hybridized carbons (Fsp3) is 0.167. The number of rotatable bonds is 2. The van der Waals surface area contributed by atoms with Gasteiger partial charge in [0.25, 0.3) is 6.43 Å². The molecule has 1 aromatic heterocycles. The first-order valence-electron chi connectivity index (χ1n) is 3.40. The molecule has 0 radical (unpaired) electrons. The lowest BCUT2D eigenvalue weighted by molar-refractivity contribution is 0.144. The van der Waals surface area contributed by atoms with Crippen molar-refractivity contribution in [1.82, 2.24) is 4.98 Å². The summed E-state index contributed by atoms with van der Waals surface area (Å²) in [7, 11) is -4.27. The molecule has 84 valence electrons. The molecule has 0 bridgehead atoms. The SMILES string of the molecule is NS(=O)(=O)c1cc(C(F)F)nc(F)c1Br. The predicted molar refractivity (Wildman–Crippen MR) is 48.2 cm³/mol. The van der Waals surface area contributed by atoms with Crippen molar-refractivity contribution in [1.29, 1.82) is 0 Å². The highest BCUT2D eigenvalue weighted by Gasteiger charge is 2.21. The van der Waals surface area contributed by atoms with Crippen LogP contribution in [0.25, 0.3) is 0 Å². The maximum atomic E-state index is 12.9. The van der Waals surface area contributed by atoms with Crippen LogP contribution in [0.3, 0.4) is 0 Å². The Morgan fingerprint density at radius 3 is 2.40 bits per heavy atom. The van der Waals surface area contributed by atoms with E-state index >= 15 is 0 Å². The first-order chi connectivity index (χ1) is 6.73. The van der Waals surface area contributed by atoms with E-state index in [1.54, 1.807) is 0 Å². The summed E-state index contributed by atoms with van der Waals surface area (Å²) in [6.07, 6.45) is -3.08. The highest BCUT2D eigenvalue weighted by atomic mass is 79.9. The van der Waals surface area contributed by atoms with Crippen molar-refractivity contribution >= 4 is 26.0 Å². The van der Waals surface area contributed by atoms with Gasteiger partial charge in [-0.3, -0.25) is 0 Å². The van der Waals surface area contributed by atoms with Crippen LogP contribution in [-0.2, 0) is 10.0 Å². The van der Waals surface area contributed by atoms with E-state index in [4.69, 9.17) is 5.14 Å². The third kappa shape index (κ3) is 2.67. The van der Waals surface area contributed by atoms with Gasteiger partial charge in [0.1, 0.15) is 10.6 Å². The van der Waals surface area contributed by atoms with Crippen LogP contribution < -0.4 is 5.14 Å². The summed E-state index contributed by atoms with van der Waals surface area (Å²) >= 11 is 2.56. The second-order valence-corrected chi connectivity index (χ2v) is 4.82. The van der Waals surface area contributed by atoms with Gasteiger partial charge >= 0.3 is 0 Å². The zero-order valence-corrected chi connectivity index (χ0v) is 9.32. The number of pyridine rings is 1. The minimum atomic E-state index is -4.27. The molecule has 1 heterocycles. The van der Waals surface area contributed by atoms with Crippen LogP contribution in [0.5, 0.6) is 0 Å². The van der Waals surface area contributed by atoms with Crippen molar-refractivity contribution in [3.05, 3.63) is 22.2 Å². The number of primary sulfonamides is 1. The van der Waals surface area contributed by atoms with E-state index in [1.165, 1.54) is 0 Å². The molecule has 0 saturated heterocycles. The molecule has 2 N–H and O–H groups in total. The molecule has 0 saturated carbocycles. The highest BCUT2D eigenvalue weighted by Crippen LogP contribution is 2.27. The molecule has 0 atom stereocenters. The number of aromatic nitrogens is 1. The smallest absolute Gasteiger partial charge is 0.225 e. The van der Waals surface area contributed by atoms with Gasteiger partial charge in [0.2, 0.25) is 16.0 Å². The van der Waals surface area contributed by atoms with Crippen LogP contribution in [0.1, 0.15) is 12.1 Å². The average molecular weight is 305 g/mol. The molecule has 0 aliphatic rings. The number of sulfonamides is 1. The van der Waals surface area contributed by atoms with Gasteiger partial charge < -0.3 is 0 Å². The summed E-state index contributed by atoms with van der Waals surface area (Å²) in [5.41, 5.74) is -0.986. The van der Waals surface area contributed by atoms with Gasteiger partial charge in [-0.05, 0) is 22.0 Å². The monoisotopic (exact) mass is 304 g/mol. The molecule has 0 amide bonds. The largest absolute Gasteiger partial charge is 0.280 e. The van der Waals surface area contributed by atoms with Gasteiger partial charge in [-0.15, -0.1) is 0 Å². The van der Waals surface area contributed by atoms with Crippen molar-refractivity contribution in [2.75, 3.05) is 0 Å². The molecule has 15 heavy (non-hydrogen) atoms. The van der Waals surface area contributed by atoms with Crippen molar-refractivity contribution in [3.8, 4) is 0 Å². The number of hydrogen-bond donors (Lipinski definition) is 1. The summed E-state index contributed by atoms with van der Waals surface area (Å²) in [5, 5.41) is 4.70. The van der Waals surface area contributed by atoms with Crippen LogP contribution in [-0.4, -0.2) is 13.4 Å². The maximum absolute atomic E-state index is 12.9. The predicted octanol–water partition coefficient (Wildman–Crippen LogP) is 1.57. The molecule has 0 aliphatic carbocycles. The molecule has 0 aromatic carbocycles. The molecule has 0 unspecified atom stereocenters. The Morgan fingerprint density at radius 1 is 1.47 bits per heavy atom. The van der Waals surface area contributed by atoms with Crippen LogP contribution >= 0.6 is 15.9 Å². The molecule has 9 heteroatoms. The Labute approximate surface area is 91.5 Å². The van der Waals surface area contributed by atoms with Crippen LogP contribution in [0, 0.1) is 5.95 Å². The Kier molecular flexibility index (Phi) is 3.36. The van der Waals surface area contributed by atoms with E-state index in [1.807, 2.05) is 0 Å². The van der Waals surface area contributed by atoms with E-state index < -0.39 is 37.5 Å². The minimum absolute atomic E-state index is 0.521. The lowest BCUT2D eigenvalue weighted by atomic mass is 10.3. The Hall–Kier alpha value is -0.670. The van der Waals surface area contributed by atoms with E-state index in [9.17, 15) is 21.6 Å². The molecular weight excluding hydrogens is 301 g/mol. The second kappa shape index (κ2) is 4.06. The van der Waals surface area contributed by atoms with Crippen molar-refractivity contribution < 1.29 is 21.6 Å². The zero-order chi connectivity index (χ0) is 11.8. The van der Waals surface area contributed by atoms with Gasteiger partial charge in [-0.1, -0.05) is 0 Å². The first-order valence-corrected chi connectivity index (χ1v) is 5.74. The minimum Gasteiger partial charge on any atom is -0.225 e. The number of nitrogens with two attached hydrogens (primary N) is 1. The summed E-state index contributed by atoms with van der Waals surface area (Å²) < 4.78 is 58.5. The van der Waals surface area contributed by atoms with Crippen molar-refractivity contribution in [3.63, 3.8) is 0 Å². The number of alkyl halides is 2. The molecular formula is C6H4BrF3N2O2S. The molecule has 1 aromatic rings. The topological polar surface area (TPSA) is 73.1 Å². The second-order valence-electron chi connectivity index (χ2n) is 2.50. The average Bonchev–Trinajstić information content (AvgIpc) is 2.06. The summed E-state index contributed by atoms with van der Waals surface area (Å²) in [6, 6.07) is 0.521. The zero-order valence-electron chi connectivity index (χ0n) is 6.92. The van der Waals surface area contributed by atoms with Crippen LogP contribution in [0.4, 0.5) is 13.2 Å². The molecule has 0 aliphatic heterocycles. The van der Waals surface area contributed by atoms with E-state index in [-0.39, 0.29) is 0 Å². The Balaban J connectivity index is 3.52. The summed E-state index contributed by atoms with van der Waals surface area (Å²) in [4.78, 5) is 2.10. The molecule has 0 spiro atoms. The quantitative estimate of drug-likeness (QED) is 0.843. The van der Waals surface area contributed by atoms with E-state index in [0.29, 0.717) is 6.07 Å². The third-order valence-corrected chi connectivity index (χ3v) is 3.39. The van der Waals surface area contributed by atoms with Gasteiger partial charge in [-0.2, -0.15) is 4.39 Å². The van der Waals surface area contributed by atoms with Crippen molar-refractivity contribution in [2.24, 2.45) is 5.14 Å². The molecule has 0 fully saturated rings. The molecule has 4 nitrogen and oxygen atoms in total. The van der Waals surface area contributed by atoms with E-state index in [2.05, 4.69) is 20.9 Å². The van der Waals surface area contributed by atoms with Crippen molar-refractivity contribution in [2.45, 2.75) is 11.3 Å². The van der Waals surface area contributed by atoms with Gasteiger partial charge in [0.15, 0.2) is 0 Å². The summed E-state index contributed by atoms with van der Waals surface area (Å²) in [5.74, 6) is -1.35. The van der Waals surface area contributed by atoms with Gasteiger partial charge in [-0.25, -0.2) is 27.3 Å². The Morgan fingerprint density at radius 2 is 2.00 bits per heavy atom. The third-order valence-electron chi connectivity index (χ3n) is 1.43. The standard InChI is InChI=1S/C6H4BrF3N2O2S/c7-4-3(15(11,13)14)1-2(5(8)9)12-6(4)10/h1,5H,(H2,11,13,14).